The van der Waals surface area contributed by atoms with Crippen molar-refractivity contribution in [3.63, 3.8) is 0 Å². The summed E-state index contributed by atoms with van der Waals surface area (Å²) in [5.41, 5.74) is 3.66. The Kier molecular flexibility index (Phi) is 10.4. The molecule has 2 aromatic carbocycles. The molecule has 0 spiro atoms. The van der Waals surface area contributed by atoms with E-state index in [0.717, 1.165) is 29.5 Å². The summed E-state index contributed by atoms with van der Waals surface area (Å²) in [5.74, 6) is -1.18. The van der Waals surface area contributed by atoms with Gasteiger partial charge in [0.25, 0.3) is 5.91 Å². The lowest BCUT2D eigenvalue weighted by molar-refractivity contribution is -0.146. The molecule has 0 aromatic heterocycles. The number of hydrogen-bond acceptors (Lipinski definition) is 5. The molecule has 3 rings (SSSR count). The van der Waals surface area contributed by atoms with Crippen LogP contribution in [0.1, 0.15) is 72.9 Å². The van der Waals surface area contributed by atoms with Crippen LogP contribution in [0.5, 0.6) is 0 Å². The van der Waals surface area contributed by atoms with Crippen molar-refractivity contribution in [2.24, 2.45) is 5.92 Å². The molecule has 0 saturated heterocycles. The number of aryl methyl sites for hydroxylation is 1. The normalized spacial score (nSPS) is 15.6. The number of aliphatic carboxylic acids is 1. The van der Waals surface area contributed by atoms with Crippen LogP contribution < -0.4 is 5.32 Å². The lowest BCUT2D eigenvalue weighted by Gasteiger charge is -2.22. The van der Waals surface area contributed by atoms with E-state index < -0.39 is 23.8 Å². The van der Waals surface area contributed by atoms with E-state index in [1.807, 2.05) is 50.4 Å². The van der Waals surface area contributed by atoms with E-state index in [1.54, 1.807) is 12.1 Å². The Morgan fingerprint density at radius 1 is 1.08 bits per heavy atom. The lowest BCUT2D eigenvalue weighted by Crippen LogP contribution is -2.41. The average molecular weight is 512 g/mol. The van der Waals surface area contributed by atoms with Gasteiger partial charge in [0.1, 0.15) is 6.04 Å². The van der Waals surface area contributed by atoms with E-state index in [2.05, 4.69) is 5.32 Å². The summed E-state index contributed by atoms with van der Waals surface area (Å²) in [6, 6.07) is 12.1. The molecule has 2 N–H and O–H groups in total. The van der Waals surface area contributed by atoms with Crippen molar-refractivity contribution in [1.29, 1.82) is 0 Å². The van der Waals surface area contributed by atoms with Gasteiger partial charge in [-0.15, -0.1) is 0 Å². The molecule has 0 radical (unpaired) electrons. The third kappa shape index (κ3) is 7.36. The molecule has 2 aromatic rings. The molecule has 2 atom stereocenters. The second kappa shape index (κ2) is 13.5. The van der Waals surface area contributed by atoms with Crippen LogP contribution in [-0.2, 0) is 14.3 Å². The van der Waals surface area contributed by atoms with Gasteiger partial charge < -0.3 is 15.2 Å². The van der Waals surface area contributed by atoms with Gasteiger partial charge in [0.05, 0.1) is 12.5 Å². The summed E-state index contributed by atoms with van der Waals surface area (Å²) < 4.78 is 5.68. The van der Waals surface area contributed by atoms with Crippen LogP contribution in [0.15, 0.2) is 42.5 Å². The number of hydrogen-bond donors (Lipinski definition) is 2. The third-order valence-corrected chi connectivity index (χ3v) is 7.62. The highest BCUT2D eigenvalue weighted by atomic mass is 32.2. The summed E-state index contributed by atoms with van der Waals surface area (Å²) in [4.78, 5) is 37.8. The maximum Gasteiger partial charge on any atom is 0.326 e. The predicted molar refractivity (Wildman–Crippen MR) is 144 cm³/mol. The first-order valence-electron chi connectivity index (χ1n) is 12.7. The number of amides is 1. The van der Waals surface area contributed by atoms with E-state index in [-0.39, 0.29) is 5.97 Å². The van der Waals surface area contributed by atoms with Gasteiger partial charge >= 0.3 is 11.9 Å². The van der Waals surface area contributed by atoms with Gasteiger partial charge in [-0.1, -0.05) is 49.6 Å². The fourth-order valence-corrected chi connectivity index (χ4v) is 5.14. The summed E-state index contributed by atoms with van der Waals surface area (Å²) >= 11 is 1.53. The molecule has 1 fully saturated rings. The van der Waals surface area contributed by atoms with Crippen molar-refractivity contribution in [2.45, 2.75) is 64.3 Å². The predicted octanol–water partition coefficient (Wildman–Crippen LogP) is 5.83. The topological polar surface area (TPSA) is 92.7 Å². The van der Waals surface area contributed by atoms with E-state index in [4.69, 9.17) is 4.74 Å². The third-order valence-electron chi connectivity index (χ3n) is 6.98. The highest BCUT2D eigenvalue weighted by molar-refractivity contribution is 7.98. The first-order chi connectivity index (χ1) is 17.3. The summed E-state index contributed by atoms with van der Waals surface area (Å²) in [6.07, 6.45) is 8.10. The molecule has 0 aliphatic heterocycles. The number of nitrogens with one attached hydrogen (secondary N) is 1. The molecule has 0 heterocycles. The van der Waals surface area contributed by atoms with Gasteiger partial charge in [-0.05, 0) is 85.4 Å². The van der Waals surface area contributed by atoms with Crippen LogP contribution in [-0.4, -0.2) is 47.6 Å². The molecule has 7 heteroatoms. The number of rotatable bonds is 11. The van der Waals surface area contributed by atoms with E-state index in [9.17, 15) is 19.5 Å². The van der Waals surface area contributed by atoms with Crippen molar-refractivity contribution in [3.8, 4) is 11.1 Å². The SMILES string of the molecule is CSCCC(NC(=O)c1ccc(C(C)C(=O)OCC2CCCCC2)cc1-c1ccccc1C)C(=O)O. The number of carbonyl (C=O) groups excluding carboxylic acids is 2. The van der Waals surface area contributed by atoms with Crippen molar-refractivity contribution in [2.75, 3.05) is 18.6 Å². The number of ether oxygens (including phenoxy) is 1. The first-order valence-corrected chi connectivity index (χ1v) is 14.1. The second-order valence-electron chi connectivity index (χ2n) is 9.62. The highest BCUT2D eigenvalue weighted by Gasteiger charge is 2.25. The fraction of sp³-hybridized carbons (Fsp3) is 0.483. The van der Waals surface area contributed by atoms with E-state index >= 15 is 0 Å². The minimum Gasteiger partial charge on any atom is -0.480 e. The number of esters is 1. The van der Waals surface area contributed by atoms with Crippen molar-refractivity contribution >= 4 is 29.6 Å². The highest BCUT2D eigenvalue weighted by Crippen LogP contribution is 2.31. The van der Waals surface area contributed by atoms with Crippen LogP contribution in [0.25, 0.3) is 11.1 Å². The van der Waals surface area contributed by atoms with E-state index in [0.29, 0.717) is 35.8 Å². The minimum atomic E-state index is -1.05. The molecular weight excluding hydrogens is 474 g/mol. The Hall–Kier alpha value is -2.80. The zero-order chi connectivity index (χ0) is 26.1. The molecular formula is C29H37NO5S. The quantitative estimate of drug-likeness (QED) is 0.369. The molecule has 1 saturated carbocycles. The smallest absolute Gasteiger partial charge is 0.326 e. The fourth-order valence-electron chi connectivity index (χ4n) is 4.67. The second-order valence-corrected chi connectivity index (χ2v) is 10.6. The number of carbonyl (C=O) groups is 3. The number of carboxylic acids is 1. The Morgan fingerprint density at radius 2 is 1.81 bits per heavy atom. The van der Waals surface area contributed by atoms with Crippen LogP contribution in [0, 0.1) is 12.8 Å². The van der Waals surface area contributed by atoms with Crippen LogP contribution in [0.3, 0.4) is 0 Å². The molecule has 1 aliphatic carbocycles. The monoisotopic (exact) mass is 511 g/mol. The van der Waals surface area contributed by atoms with E-state index in [1.165, 1.54) is 31.0 Å². The Labute approximate surface area is 218 Å². The van der Waals surface area contributed by atoms with Crippen molar-refractivity contribution < 1.29 is 24.2 Å². The summed E-state index contributed by atoms with van der Waals surface area (Å²) in [5, 5.41) is 12.3. The van der Waals surface area contributed by atoms with Gasteiger partial charge in [-0.3, -0.25) is 9.59 Å². The van der Waals surface area contributed by atoms with Gasteiger partial charge in [-0.2, -0.15) is 11.8 Å². The Morgan fingerprint density at radius 3 is 2.47 bits per heavy atom. The molecule has 2 unspecified atom stereocenters. The number of thioether (sulfide) groups is 1. The lowest BCUT2D eigenvalue weighted by atomic mass is 9.89. The van der Waals surface area contributed by atoms with Gasteiger partial charge in [-0.25, -0.2) is 4.79 Å². The van der Waals surface area contributed by atoms with Crippen LogP contribution >= 0.6 is 11.8 Å². The maximum atomic E-state index is 13.2. The van der Waals surface area contributed by atoms with Crippen LogP contribution in [0.2, 0.25) is 0 Å². The zero-order valence-electron chi connectivity index (χ0n) is 21.4. The molecule has 1 amide bonds. The molecule has 194 valence electrons. The van der Waals surface area contributed by atoms with Crippen molar-refractivity contribution in [3.05, 3.63) is 59.2 Å². The molecule has 6 nitrogen and oxygen atoms in total. The number of carboxylic acid groups (broad SMARTS) is 1. The average Bonchev–Trinajstić information content (AvgIpc) is 2.89. The largest absolute Gasteiger partial charge is 0.480 e. The Balaban J connectivity index is 1.86. The van der Waals surface area contributed by atoms with Crippen LogP contribution in [0.4, 0.5) is 0 Å². The molecule has 36 heavy (non-hydrogen) atoms. The first kappa shape index (κ1) is 27.8. The minimum absolute atomic E-state index is 0.267. The zero-order valence-corrected chi connectivity index (χ0v) is 22.2. The summed E-state index contributed by atoms with van der Waals surface area (Å²) in [7, 11) is 0. The standard InChI is InChI=1S/C29H37NO5S/c1-19-9-7-8-12-23(19)25-17-22(20(2)29(34)35-18-21-10-5-4-6-11-21)13-14-24(25)27(31)30-26(28(32)33)15-16-36-3/h7-9,12-14,17,20-21,26H,4-6,10-11,15-16,18H2,1-3H3,(H,30,31)(H,32,33). The van der Waals surface area contributed by atoms with Gasteiger partial charge in [0.15, 0.2) is 0 Å². The van der Waals surface area contributed by atoms with Gasteiger partial charge in [0.2, 0.25) is 0 Å². The molecule has 1 aliphatic rings. The maximum absolute atomic E-state index is 13.2. The van der Waals surface area contributed by atoms with Crippen molar-refractivity contribution in [1.82, 2.24) is 5.32 Å². The van der Waals surface area contributed by atoms with Gasteiger partial charge in [0, 0.05) is 5.56 Å². The summed E-state index contributed by atoms with van der Waals surface area (Å²) in [6.45, 7) is 4.24. The molecule has 0 bridgehead atoms. The number of benzene rings is 2. The Bertz CT molecular complexity index is 1060.